The van der Waals surface area contributed by atoms with E-state index < -0.39 is 11.5 Å². The molecule has 1 aliphatic heterocycles. The smallest absolute Gasteiger partial charge is 0.341 e. The van der Waals surface area contributed by atoms with Crippen LogP contribution in [-0.2, 0) is 14.3 Å². The van der Waals surface area contributed by atoms with Gasteiger partial charge in [-0.3, -0.25) is 4.79 Å². The Balaban J connectivity index is 2.28. The summed E-state index contributed by atoms with van der Waals surface area (Å²) in [5, 5.41) is 6.15. The number of ether oxygens (including phenoxy) is 1. The van der Waals surface area contributed by atoms with Crippen LogP contribution in [0.5, 0.6) is 0 Å². The van der Waals surface area contributed by atoms with Crippen LogP contribution in [-0.4, -0.2) is 31.1 Å². The lowest BCUT2D eigenvalue weighted by Gasteiger charge is -2.25. The number of benzene rings is 1. The zero-order valence-electron chi connectivity index (χ0n) is 9.83. The van der Waals surface area contributed by atoms with Gasteiger partial charge >= 0.3 is 5.97 Å². The van der Waals surface area contributed by atoms with E-state index in [1.54, 1.807) is 24.3 Å². The van der Waals surface area contributed by atoms with Gasteiger partial charge in [-0.05, 0) is 24.3 Å². The molecule has 0 bridgehead atoms. The highest BCUT2D eigenvalue weighted by molar-refractivity contribution is 6.30. The van der Waals surface area contributed by atoms with Crippen molar-refractivity contribution in [3.05, 3.63) is 29.3 Å². The third kappa shape index (κ3) is 2.13. The topological polar surface area (TPSA) is 67.4 Å². The number of anilines is 1. The first-order chi connectivity index (χ1) is 8.58. The predicted octanol–water partition coefficient (Wildman–Crippen LogP) is 1.18. The molecule has 0 saturated carbocycles. The molecule has 1 aromatic carbocycles. The maximum atomic E-state index is 11.9. The molecule has 1 unspecified atom stereocenters. The van der Waals surface area contributed by atoms with E-state index in [9.17, 15) is 9.59 Å². The summed E-state index contributed by atoms with van der Waals surface area (Å²) in [5.41, 5.74) is -0.704. The molecule has 96 valence electrons. The lowest BCUT2D eigenvalue weighted by molar-refractivity contribution is -0.149. The van der Waals surface area contributed by atoms with Gasteiger partial charge in [-0.1, -0.05) is 11.6 Å². The summed E-state index contributed by atoms with van der Waals surface area (Å²) >= 11 is 5.78. The zero-order chi connectivity index (χ0) is 13.2. The molecule has 1 amide bonds. The third-order valence-electron chi connectivity index (χ3n) is 2.91. The van der Waals surface area contributed by atoms with Gasteiger partial charge in [-0.25, -0.2) is 4.79 Å². The van der Waals surface area contributed by atoms with Gasteiger partial charge in [0, 0.05) is 23.7 Å². The average Bonchev–Trinajstić information content (AvgIpc) is 2.74. The van der Waals surface area contributed by atoms with Gasteiger partial charge in [-0.15, -0.1) is 0 Å². The number of hydrogen-bond acceptors (Lipinski definition) is 4. The number of nitrogens with one attached hydrogen (secondary N) is 2. The van der Waals surface area contributed by atoms with E-state index in [4.69, 9.17) is 16.3 Å². The van der Waals surface area contributed by atoms with Crippen molar-refractivity contribution in [3.63, 3.8) is 0 Å². The minimum absolute atomic E-state index is 0.348. The second-order valence-corrected chi connectivity index (χ2v) is 4.47. The van der Waals surface area contributed by atoms with E-state index in [1.807, 2.05) is 0 Å². The minimum atomic E-state index is -1.34. The molecule has 6 heteroatoms. The summed E-state index contributed by atoms with van der Waals surface area (Å²) in [6, 6.07) is 6.78. The van der Waals surface area contributed by atoms with Crippen LogP contribution in [0.3, 0.4) is 0 Å². The summed E-state index contributed by atoms with van der Waals surface area (Å²) in [7, 11) is 1.26. The summed E-state index contributed by atoms with van der Waals surface area (Å²) in [6.45, 7) is 0.439. The number of carbonyl (C=O) groups is 2. The van der Waals surface area contributed by atoms with Gasteiger partial charge < -0.3 is 15.4 Å². The van der Waals surface area contributed by atoms with Crippen molar-refractivity contribution in [2.24, 2.45) is 0 Å². The molecule has 0 radical (unpaired) electrons. The fourth-order valence-corrected chi connectivity index (χ4v) is 2.07. The van der Waals surface area contributed by atoms with Crippen molar-refractivity contribution >= 4 is 29.2 Å². The lowest BCUT2D eigenvalue weighted by Crippen LogP contribution is -2.53. The molecule has 18 heavy (non-hydrogen) atoms. The molecule has 5 nitrogen and oxygen atoms in total. The summed E-state index contributed by atoms with van der Waals surface area (Å²) in [5.74, 6) is -0.961. The Labute approximate surface area is 109 Å². The molecule has 2 rings (SSSR count). The van der Waals surface area contributed by atoms with E-state index in [0.29, 0.717) is 23.7 Å². The number of halogens is 1. The number of methoxy groups -OCH3 is 1. The second-order valence-electron chi connectivity index (χ2n) is 4.03. The van der Waals surface area contributed by atoms with E-state index >= 15 is 0 Å². The number of hydrogen-bond donors (Lipinski definition) is 2. The van der Waals surface area contributed by atoms with E-state index in [2.05, 4.69) is 10.6 Å². The monoisotopic (exact) mass is 268 g/mol. The molecule has 1 fully saturated rings. The fraction of sp³-hybridized carbons (Fsp3) is 0.333. The van der Waals surface area contributed by atoms with Crippen molar-refractivity contribution in [3.8, 4) is 0 Å². The Morgan fingerprint density at radius 1 is 1.44 bits per heavy atom. The quantitative estimate of drug-likeness (QED) is 0.638. The van der Waals surface area contributed by atoms with Crippen molar-refractivity contribution in [2.45, 2.75) is 12.0 Å². The van der Waals surface area contributed by atoms with Gasteiger partial charge in [0.2, 0.25) is 5.54 Å². The highest BCUT2D eigenvalue weighted by atomic mass is 35.5. The molecule has 0 aliphatic carbocycles. The van der Waals surface area contributed by atoms with Crippen LogP contribution in [0.15, 0.2) is 24.3 Å². The van der Waals surface area contributed by atoms with Gasteiger partial charge in [-0.2, -0.15) is 0 Å². The summed E-state index contributed by atoms with van der Waals surface area (Å²) < 4.78 is 4.72. The normalized spacial score (nSPS) is 22.4. The van der Waals surface area contributed by atoms with Crippen LogP contribution in [0.25, 0.3) is 0 Å². The Morgan fingerprint density at radius 2 is 2.11 bits per heavy atom. The summed E-state index contributed by atoms with van der Waals surface area (Å²) in [4.78, 5) is 23.7. The predicted molar refractivity (Wildman–Crippen MR) is 67.4 cm³/mol. The molecule has 2 N–H and O–H groups in total. The number of esters is 1. The van der Waals surface area contributed by atoms with Crippen LogP contribution < -0.4 is 10.6 Å². The second kappa shape index (κ2) is 4.86. The average molecular weight is 269 g/mol. The molecule has 1 atom stereocenters. The van der Waals surface area contributed by atoms with Crippen LogP contribution in [0, 0.1) is 0 Å². The van der Waals surface area contributed by atoms with Crippen molar-refractivity contribution in [1.29, 1.82) is 0 Å². The fourth-order valence-electron chi connectivity index (χ4n) is 1.95. The third-order valence-corrected chi connectivity index (χ3v) is 3.16. The first-order valence-corrected chi connectivity index (χ1v) is 5.87. The lowest BCUT2D eigenvalue weighted by atomic mass is 9.97. The van der Waals surface area contributed by atoms with Gasteiger partial charge in [0.15, 0.2) is 0 Å². The zero-order valence-corrected chi connectivity index (χ0v) is 10.6. The maximum Gasteiger partial charge on any atom is 0.341 e. The van der Waals surface area contributed by atoms with E-state index in [-0.39, 0.29) is 5.91 Å². The van der Waals surface area contributed by atoms with Crippen LogP contribution >= 0.6 is 11.6 Å². The largest absolute Gasteiger partial charge is 0.467 e. The van der Waals surface area contributed by atoms with Gasteiger partial charge in [0.1, 0.15) is 0 Å². The molecular formula is C12H13ClN2O3. The molecule has 0 spiro atoms. The SMILES string of the molecule is COC(=O)C1(Nc2ccc(Cl)cc2)CCNC1=O. The van der Waals surface area contributed by atoms with Crippen molar-refractivity contribution in [1.82, 2.24) is 5.32 Å². The Morgan fingerprint density at radius 3 is 2.61 bits per heavy atom. The number of rotatable bonds is 3. The van der Waals surface area contributed by atoms with Crippen molar-refractivity contribution < 1.29 is 14.3 Å². The number of amides is 1. The van der Waals surface area contributed by atoms with Crippen LogP contribution in [0.4, 0.5) is 5.69 Å². The molecule has 1 aromatic rings. The Bertz CT molecular complexity index is 475. The first-order valence-electron chi connectivity index (χ1n) is 5.49. The maximum absolute atomic E-state index is 11.9. The van der Waals surface area contributed by atoms with E-state index in [0.717, 1.165) is 0 Å². The highest BCUT2D eigenvalue weighted by Crippen LogP contribution is 2.25. The summed E-state index contributed by atoms with van der Waals surface area (Å²) in [6.07, 6.45) is 0.348. The number of carbonyl (C=O) groups excluding carboxylic acids is 2. The molecule has 0 aromatic heterocycles. The molecule has 1 aliphatic rings. The molecule has 1 saturated heterocycles. The van der Waals surface area contributed by atoms with Gasteiger partial charge in [0.25, 0.3) is 5.91 Å². The minimum Gasteiger partial charge on any atom is -0.467 e. The van der Waals surface area contributed by atoms with Crippen molar-refractivity contribution in [2.75, 3.05) is 19.0 Å². The Hall–Kier alpha value is -1.75. The Kier molecular flexibility index (Phi) is 3.43. The van der Waals surface area contributed by atoms with E-state index in [1.165, 1.54) is 7.11 Å². The first kappa shape index (κ1) is 12.7. The van der Waals surface area contributed by atoms with Crippen LogP contribution in [0.2, 0.25) is 5.02 Å². The standard InChI is InChI=1S/C12H13ClN2O3/c1-18-11(17)12(6-7-14-10(12)16)15-9-4-2-8(13)3-5-9/h2-5,15H,6-7H2,1H3,(H,14,16). The molecule has 1 heterocycles. The molecular weight excluding hydrogens is 256 g/mol. The highest BCUT2D eigenvalue weighted by Gasteiger charge is 2.50. The van der Waals surface area contributed by atoms with Gasteiger partial charge in [0.05, 0.1) is 7.11 Å². The van der Waals surface area contributed by atoms with Crippen LogP contribution in [0.1, 0.15) is 6.42 Å².